The van der Waals surface area contributed by atoms with E-state index in [1.807, 2.05) is 18.6 Å². The largest absolute Gasteiger partial charge is 0.508 e. The van der Waals surface area contributed by atoms with Crippen molar-refractivity contribution in [2.45, 2.75) is 124 Å². The summed E-state index contributed by atoms with van der Waals surface area (Å²) in [5.41, 5.74) is -1.97. The minimum absolute atomic E-state index is 0.0347. The molecule has 15 rings (SSSR count). The van der Waals surface area contributed by atoms with Crippen LogP contribution in [0.15, 0.2) is 102 Å². The zero-order valence-corrected chi connectivity index (χ0v) is 62.1. The number of aliphatic hydroxyl groups is 2. The number of nitrogens with one attached hydrogen (secondary N) is 11. The van der Waals surface area contributed by atoms with Crippen LogP contribution >= 0.6 is 23.2 Å². The summed E-state index contributed by atoms with van der Waals surface area (Å²) in [6.45, 7) is 4.52. The van der Waals surface area contributed by atoms with Crippen LogP contribution in [0.25, 0.3) is 11.1 Å². The summed E-state index contributed by atoms with van der Waals surface area (Å²) in [6.07, 6.45) is -0.809. The number of carbonyl (C=O) groups is 8. The first-order chi connectivity index (χ1) is 52.0. The molecule has 4 fully saturated rings. The Kier molecular flexibility index (Phi) is 23.7. The number of sulfonamides is 1. The lowest BCUT2D eigenvalue weighted by atomic mass is 9.54. The highest BCUT2D eigenvalue weighted by molar-refractivity contribution is 7.90. The number of ether oxygens (including phenoxy) is 4. The van der Waals surface area contributed by atoms with Crippen LogP contribution in [0.4, 0.5) is 0 Å². The van der Waals surface area contributed by atoms with E-state index >= 15 is 28.8 Å². The Hall–Kier alpha value is -10.2. The number of benzene rings is 6. The third kappa shape index (κ3) is 17.1. The second-order valence-corrected chi connectivity index (χ2v) is 31.1. The maximum Gasteiger partial charge on any atom is 0.264 e. The third-order valence-corrected chi connectivity index (χ3v) is 22.5. The Balaban J connectivity index is 1.00. The zero-order valence-electron chi connectivity index (χ0n) is 59.7. The molecular weight excluding hydrogens is 1480 g/mol. The molecule has 0 saturated heterocycles. The minimum atomic E-state index is -4.97. The van der Waals surface area contributed by atoms with Gasteiger partial charge in [-0.1, -0.05) is 55.2 Å². The molecule has 8 amide bonds. The number of rotatable bonds is 19. The second kappa shape index (κ2) is 32.9. The summed E-state index contributed by atoms with van der Waals surface area (Å²) in [7, 11) is -0.139. The van der Waals surface area contributed by atoms with E-state index in [9.17, 15) is 48.6 Å². The quantitative estimate of drug-likeness (QED) is 0.0497. The number of amides is 8. The van der Waals surface area contributed by atoms with Crippen LogP contribution in [0.1, 0.15) is 117 Å². The van der Waals surface area contributed by atoms with Crippen molar-refractivity contribution in [3.8, 4) is 68.6 Å². The molecular formula is C75H85Cl2N11O20S. The van der Waals surface area contributed by atoms with Gasteiger partial charge in [-0.3, -0.25) is 38.4 Å². The van der Waals surface area contributed by atoms with Crippen LogP contribution < -0.4 is 76.8 Å². The predicted octanol–water partition coefficient (Wildman–Crippen LogP) is 4.47. The number of aromatic hydroxyl groups is 4. The fourth-order valence-electron chi connectivity index (χ4n) is 15.4. The SMILES string of the molecule is CNCCOc1ccc(S(=O)(=O)NC(=O)C[C@@H]2NC(=O)[C@H](NC(=O)[C@@H](CC(C)C)NC)[C@H](O)c3ccc(c(Cl)c3)Oc3cc4cc(c3O)Oc3ccc(cc3Cl)[C@@H](O)[C@@H]3NC(=O)[C@H](NC(=O)[C@@H]4NC2=O)c2ccc(O)c(c2)-c2c(O)cc(O)cc2[C@@H](C(=O)NC2C4CC5CC(C4)CC2C5)NC3=O)cc1OCCNC. The fraction of sp³-hybridized carbons (Fsp3) is 0.413. The highest BCUT2D eigenvalue weighted by atomic mass is 35.5. The topological polar surface area (TPSA) is 461 Å². The molecule has 0 spiro atoms. The Labute approximate surface area is 636 Å². The molecule has 6 aromatic rings. The third-order valence-electron chi connectivity index (χ3n) is 20.6. The van der Waals surface area contributed by atoms with Gasteiger partial charge in [-0.2, -0.15) is 0 Å². The molecule has 31 nitrogen and oxygen atoms in total. The molecule has 4 saturated carbocycles. The molecule has 9 atom stereocenters. The summed E-state index contributed by atoms with van der Waals surface area (Å²) in [6, 6.07) is 3.81. The number of halogens is 2. The van der Waals surface area contributed by atoms with Gasteiger partial charge in [0.2, 0.25) is 53.0 Å². The second-order valence-electron chi connectivity index (χ2n) is 28.6. The van der Waals surface area contributed by atoms with E-state index in [1.54, 1.807) is 14.1 Å². The van der Waals surface area contributed by atoms with E-state index in [4.69, 9.17) is 42.1 Å². The number of likely N-dealkylation sites (N-methyl/N-ethyl adjacent to an activating group) is 3. The molecule has 0 aromatic heterocycles. The Morgan fingerprint density at radius 3 is 1.79 bits per heavy atom. The van der Waals surface area contributed by atoms with Gasteiger partial charge in [-0.25, -0.2) is 13.1 Å². The van der Waals surface area contributed by atoms with E-state index in [-0.39, 0.29) is 110 Å². The fourth-order valence-corrected chi connectivity index (χ4v) is 16.9. The van der Waals surface area contributed by atoms with Crippen LogP contribution in [-0.4, -0.2) is 164 Å². The van der Waals surface area contributed by atoms with Crippen molar-refractivity contribution < 1.29 is 96.4 Å². The first kappa shape index (κ1) is 78.4. The van der Waals surface area contributed by atoms with E-state index in [0.29, 0.717) is 24.9 Å². The van der Waals surface area contributed by atoms with Crippen molar-refractivity contribution in [3.05, 3.63) is 135 Å². The van der Waals surface area contributed by atoms with E-state index in [0.717, 1.165) is 98.8 Å². The highest BCUT2D eigenvalue weighted by Gasteiger charge is 2.50. The maximum absolute atomic E-state index is 16.1. The van der Waals surface area contributed by atoms with Gasteiger partial charge in [0.1, 0.15) is 90.4 Å². The Bertz CT molecular complexity index is 4660. The zero-order chi connectivity index (χ0) is 78.0. The van der Waals surface area contributed by atoms with E-state index in [1.165, 1.54) is 37.4 Å². The lowest BCUT2D eigenvalue weighted by Crippen LogP contribution is -2.59. The summed E-state index contributed by atoms with van der Waals surface area (Å²) < 4.78 is 55.0. The van der Waals surface area contributed by atoms with Crippen LogP contribution in [-0.2, 0) is 48.4 Å². The van der Waals surface area contributed by atoms with Gasteiger partial charge >= 0.3 is 0 Å². The first-order valence-corrected chi connectivity index (χ1v) is 37.8. The molecule has 5 heterocycles. The molecule has 0 radical (unpaired) electrons. The van der Waals surface area contributed by atoms with Crippen LogP contribution in [0.3, 0.4) is 0 Å². The maximum atomic E-state index is 16.1. The highest BCUT2D eigenvalue weighted by Crippen LogP contribution is 2.55. The van der Waals surface area contributed by atoms with Gasteiger partial charge < -0.3 is 103 Å². The standard InChI is InChI=1S/C75H85Cl2N11O20S/c1-33(2)18-48(80-5)69(96)86-64-66(93)37-7-11-52(46(76)25-37)107-56-27-41-28-57(68(56)95)108-53-12-8-38(26-47(53)77)67(94)65-75(102)85-63(73(100)82-60-39-20-34-19-35(22-39)23-40(60)21-34)45-29-42(89)30-51(91)59(45)44-24-36(6-10-50(44)90)61(71(98)87-65)84-72(99)62(41)83-70(97)49(81-74(64)101)32-58(92)88-109(103,104)43-9-13-54(105-16-14-78-3)55(31-43)106-17-15-79-4/h6-13,24-31,33-35,39-40,48-49,60-67,78-80,89-91,93-95H,14-23,32H2,1-5H3,(H,81,101)(H,82,100)(H,83,97)(H,84,99)(H,85,102)(H,86,96)(H,87,98)(H,88,92)/t34?,35?,39?,40?,48-,49+,60?,61-,62-,63+,64-,65+,66-,67-/m1/s1. The average Bonchev–Trinajstić information content (AvgIpc) is 0.811. The van der Waals surface area contributed by atoms with Crippen molar-refractivity contribution in [1.82, 2.24) is 57.9 Å². The molecule has 17 N–H and O–H groups in total. The number of phenolic OH excluding ortho intramolecular Hbond substituents is 4. The number of carbonyl (C=O) groups excluding carboxylic acids is 8. The molecule has 580 valence electrons. The van der Waals surface area contributed by atoms with E-state index < -0.39 is 163 Å². The van der Waals surface area contributed by atoms with Crippen molar-refractivity contribution in [2.24, 2.45) is 29.6 Å². The molecule has 6 aromatic carbocycles. The smallest absolute Gasteiger partial charge is 0.264 e. The van der Waals surface area contributed by atoms with Crippen LogP contribution in [0, 0.1) is 29.6 Å². The molecule has 109 heavy (non-hydrogen) atoms. The van der Waals surface area contributed by atoms with E-state index in [2.05, 4.69) is 53.2 Å². The monoisotopic (exact) mass is 1560 g/mol. The van der Waals surface area contributed by atoms with Gasteiger partial charge in [-0.15, -0.1) is 0 Å². The lowest BCUT2D eigenvalue weighted by molar-refractivity contribution is -0.138. The average molecular weight is 1560 g/mol. The van der Waals surface area contributed by atoms with Crippen LogP contribution in [0.5, 0.6) is 57.5 Å². The summed E-state index contributed by atoms with van der Waals surface area (Å²) in [5, 5.41) is 98.9. The summed E-state index contributed by atoms with van der Waals surface area (Å²) >= 11 is 13.9. The van der Waals surface area contributed by atoms with Crippen molar-refractivity contribution in [2.75, 3.05) is 47.4 Å². The number of aliphatic hydroxyl groups excluding tert-OH is 2. The number of hydrogen-bond donors (Lipinski definition) is 17. The van der Waals surface area contributed by atoms with Gasteiger partial charge in [0.05, 0.1) is 27.4 Å². The van der Waals surface area contributed by atoms with Gasteiger partial charge in [0, 0.05) is 42.4 Å². The minimum Gasteiger partial charge on any atom is -0.508 e. The predicted molar refractivity (Wildman–Crippen MR) is 393 cm³/mol. The van der Waals surface area contributed by atoms with Crippen molar-refractivity contribution in [1.29, 1.82) is 0 Å². The van der Waals surface area contributed by atoms with Gasteiger partial charge in [0.25, 0.3) is 10.0 Å². The molecule has 4 aliphatic carbocycles. The Morgan fingerprint density at radius 1 is 0.596 bits per heavy atom. The summed E-state index contributed by atoms with van der Waals surface area (Å²) in [5.74, 6) is -13.4. The van der Waals surface area contributed by atoms with Gasteiger partial charge in [-0.05, 0) is 184 Å². The first-order valence-electron chi connectivity index (χ1n) is 35.6. The Morgan fingerprint density at radius 2 is 1.18 bits per heavy atom. The summed E-state index contributed by atoms with van der Waals surface area (Å²) in [4.78, 5) is 122. The molecule has 9 aliphatic rings. The molecule has 34 heteroatoms. The van der Waals surface area contributed by atoms with Gasteiger partial charge in [0.15, 0.2) is 23.0 Å². The van der Waals surface area contributed by atoms with Crippen molar-refractivity contribution in [3.63, 3.8) is 0 Å². The molecule has 0 unspecified atom stereocenters. The number of phenols is 4. The van der Waals surface area contributed by atoms with Crippen LogP contribution in [0.2, 0.25) is 10.0 Å². The molecule has 5 aliphatic heterocycles. The van der Waals surface area contributed by atoms with Crippen molar-refractivity contribution >= 4 is 80.5 Å². The number of fused-ring (bicyclic) bond motifs is 15. The normalized spacial score (nSPS) is 24.7. The number of hydrogen-bond acceptors (Lipinski definition) is 23. The lowest BCUT2D eigenvalue weighted by Gasteiger charge is -2.54. The molecule has 15 bridgehead atoms.